The number of thioether (sulfide) groups is 1. The number of nitro groups is 1. The van der Waals surface area contributed by atoms with Crippen LogP contribution in [0.1, 0.15) is 11.1 Å². The van der Waals surface area contributed by atoms with Crippen molar-refractivity contribution in [2.24, 2.45) is 0 Å². The van der Waals surface area contributed by atoms with Gasteiger partial charge in [0.1, 0.15) is 11.3 Å². The highest BCUT2D eigenvalue weighted by Crippen LogP contribution is 2.34. The van der Waals surface area contributed by atoms with E-state index in [2.05, 4.69) is 0 Å². The Balaban J connectivity index is 1.34. The fourth-order valence-electron chi connectivity index (χ4n) is 3.68. The van der Waals surface area contributed by atoms with Gasteiger partial charge in [0.25, 0.3) is 16.8 Å². The Morgan fingerprint density at radius 2 is 1.66 bits per heavy atom. The molecule has 1 aliphatic heterocycles. The van der Waals surface area contributed by atoms with Crippen LogP contribution < -0.4 is 5.43 Å². The van der Waals surface area contributed by atoms with E-state index in [0.717, 1.165) is 16.7 Å². The Hall–Kier alpha value is -4.50. The van der Waals surface area contributed by atoms with E-state index in [0.29, 0.717) is 33.4 Å². The molecule has 35 heavy (non-hydrogen) atoms. The average Bonchev–Trinajstić information content (AvgIpc) is 3.12. The van der Waals surface area contributed by atoms with Crippen molar-refractivity contribution in [3.05, 3.63) is 115 Å². The van der Waals surface area contributed by atoms with Gasteiger partial charge < -0.3 is 4.42 Å². The van der Waals surface area contributed by atoms with Crippen LogP contribution in [0, 0.1) is 10.1 Å². The maximum absolute atomic E-state index is 12.8. The summed E-state index contributed by atoms with van der Waals surface area (Å²) in [6.45, 7) is 0.0277. The molecule has 5 rings (SSSR count). The number of carbonyl (C=O) groups excluding carboxylic acids is 2. The molecule has 0 bridgehead atoms. The van der Waals surface area contributed by atoms with Crippen molar-refractivity contribution in [2.45, 2.75) is 6.54 Å². The van der Waals surface area contributed by atoms with E-state index < -0.39 is 16.1 Å². The van der Waals surface area contributed by atoms with Gasteiger partial charge in [-0.05, 0) is 41.1 Å². The first kappa shape index (κ1) is 22.3. The lowest BCUT2D eigenvalue weighted by Crippen LogP contribution is -2.27. The highest BCUT2D eigenvalue weighted by atomic mass is 32.2. The fourth-order valence-corrected chi connectivity index (χ4v) is 4.52. The van der Waals surface area contributed by atoms with Crippen LogP contribution in [-0.4, -0.2) is 21.0 Å². The first-order chi connectivity index (χ1) is 16.9. The largest absolute Gasteiger partial charge is 0.456 e. The SMILES string of the molecule is O=C1S/C(=C/c2ccc(-c3cc(=O)c4ccccc4o3)cc2)C(=O)N1Cc1ccc([N+](=O)[O-])cc1. The number of benzene rings is 3. The monoisotopic (exact) mass is 484 g/mol. The first-order valence-electron chi connectivity index (χ1n) is 10.5. The van der Waals surface area contributed by atoms with Crippen molar-refractivity contribution in [3.63, 3.8) is 0 Å². The van der Waals surface area contributed by atoms with Gasteiger partial charge in [0.2, 0.25) is 0 Å². The number of fused-ring (bicyclic) bond motifs is 1. The van der Waals surface area contributed by atoms with Crippen LogP contribution in [0.5, 0.6) is 0 Å². The number of non-ortho nitro benzene ring substituents is 1. The van der Waals surface area contributed by atoms with Crippen LogP contribution in [0.25, 0.3) is 28.4 Å². The van der Waals surface area contributed by atoms with Crippen LogP contribution in [0.15, 0.2) is 93.0 Å². The summed E-state index contributed by atoms with van der Waals surface area (Å²) < 4.78 is 5.86. The summed E-state index contributed by atoms with van der Waals surface area (Å²) >= 11 is 0.838. The molecule has 2 amide bonds. The van der Waals surface area contributed by atoms with Crippen molar-refractivity contribution in [1.82, 2.24) is 4.90 Å². The second-order valence-corrected chi connectivity index (χ2v) is 8.78. The molecule has 1 aliphatic rings. The third-order valence-corrected chi connectivity index (χ3v) is 6.40. The van der Waals surface area contributed by atoms with Crippen LogP contribution in [-0.2, 0) is 11.3 Å². The predicted molar refractivity (Wildman–Crippen MR) is 133 cm³/mol. The summed E-state index contributed by atoms with van der Waals surface area (Å²) in [5.41, 5.74) is 2.33. The Morgan fingerprint density at radius 3 is 2.37 bits per heavy atom. The van der Waals surface area contributed by atoms with Crippen LogP contribution >= 0.6 is 11.8 Å². The smallest absolute Gasteiger partial charge is 0.293 e. The number of nitrogens with zero attached hydrogens (tertiary/aromatic N) is 2. The molecule has 3 aromatic carbocycles. The maximum atomic E-state index is 12.8. The minimum Gasteiger partial charge on any atom is -0.456 e. The van der Waals surface area contributed by atoms with E-state index in [9.17, 15) is 24.5 Å². The van der Waals surface area contributed by atoms with Gasteiger partial charge in [0.05, 0.1) is 21.8 Å². The summed E-state index contributed by atoms with van der Waals surface area (Å²) in [6.07, 6.45) is 1.63. The normalized spacial score (nSPS) is 14.7. The van der Waals surface area contributed by atoms with Crippen LogP contribution in [0.3, 0.4) is 0 Å². The van der Waals surface area contributed by atoms with Crippen LogP contribution in [0.2, 0.25) is 0 Å². The molecule has 172 valence electrons. The summed E-state index contributed by atoms with van der Waals surface area (Å²) in [4.78, 5) is 49.3. The standard InChI is InChI=1S/C26H16N2O6S/c29-21-14-23(34-22-4-2-1-3-20(21)22)18-9-5-16(6-10-18)13-24-25(30)27(26(31)35-24)15-17-7-11-19(12-8-17)28(32)33/h1-14H,15H2/b24-13+. The third-order valence-electron chi connectivity index (χ3n) is 5.49. The van der Waals surface area contributed by atoms with Crippen LogP contribution in [0.4, 0.5) is 10.5 Å². The van der Waals surface area contributed by atoms with Crippen molar-refractivity contribution in [2.75, 3.05) is 0 Å². The molecule has 0 aliphatic carbocycles. The zero-order valence-electron chi connectivity index (χ0n) is 18.0. The van der Waals surface area contributed by atoms with E-state index >= 15 is 0 Å². The topological polar surface area (TPSA) is 111 Å². The summed E-state index contributed by atoms with van der Waals surface area (Å²) in [7, 11) is 0. The molecular formula is C26H16N2O6S. The van der Waals surface area contributed by atoms with Crippen molar-refractivity contribution in [3.8, 4) is 11.3 Å². The number of carbonyl (C=O) groups is 2. The zero-order chi connectivity index (χ0) is 24.5. The second-order valence-electron chi connectivity index (χ2n) is 7.78. The molecule has 9 heteroatoms. The molecule has 0 radical (unpaired) electrons. The molecule has 0 atom stereocenters. The number of imide groups is 1. The van der Waals surface area contributed by atoms with Gasteiger partial charge >= 0.3 is 0 Å². The highest BCUT2D eigenvalue weighted by molar-refractivity contribution is 8.18. The number of rotatable bonds is 5. The lowest BCUT2D eigenvalue weighted by molar-refractivity contribution is -0.384. The van der Waals surface area contributed by atoms with Crippen molar-refractivity contribution >= 4 is 45.6 Å². The molecule has 0 N–H and O–H groups in total. The molecular weight excluding hydrogens is 468 g/mol. The van der Waals surface area contributed by atoms with Crippen molar-refractivity contribution in [1.29, 1.82) is 0 Å². The molecule has 0 saturated carbocycles. The fraction of sp³-hybridized carbons (Fsp3) is 0.0385. The Kier molecular flexibility index (Phi) is 5.76. The second kappa shape index (κ2) is 9.03. The average molecular weight is 484 g/mol. The van der Waals surface area contributed by atoms with E-state index in [-0.39, 0.29) is 22.6 Å². The highest BCUT2D eigenvalue weighted by Gasteiger charge is 2.35. The van der Waals surface area contributed by atoms with Gasteiger partial charge in [-0.25, -0.2) is 0 Å². The summed E-state index contributed by atoms with van der Waals surface area (Å²) in [5.74, 6) is 0.00614. The Morgan fingerprint density at radius 1 is 0.943 bits per heavy atom. The quantitative estimate of drug-likeness (QED) is 0.206. The van der Waals surface area contributed by atoms with Gasteiger partial charge in [-0.2, -0.15) is 0 Å². The molecule has 8 nitrogen and oxygen atoms in total. The molecule has 1 fully saturated rings. The van der Waals surface area contributed by atoms with Gasteiger partial charge in [-0.1, -0.05) is 48.5 Å². The number of hydrogen-bond donors (Lipinski definition) is 0. The number of amides is 2. The summed E-state index contributed by atoms with van der Waals surface area (Å²) in [6, 6.07) is 21.3. The number of nitro benzene ring substituents is 1. The molecule has 4 aromatic rings. The predicted octanol–water partition coefficient (Wildman–Crippen LogP) is 5.60. The summed E-state index contributed by atoms with van der Waals surface area (Å²) in [5, 5.41) is 10.9. The Labute approximate surface area is 202 Å². The van der Waals surface area contributed by atoms with E-state index in [1.165, 1.54) is 30.3 Å². The zero-order valence-corrected chi connectivity index (χ0v) is 18.9. The lowest BCUT2D eigenvalue weighted by atomic mass is 10.1. The molecule has 1 aromatic heterocycles. The van der Waals surface area contributed by atoms with E-state index in [4.69, 9.17) is 4.42 Å². The molecule has 1 saturated heterocycles. The van der Waals surface area contributed by atoms with Gasteiger partial charge in [-0.3, -0.25) is 29.4 Å². The lowest BCUT2D eigenvalue weighted by Gasteiger charge is -2.12. The minimum absolute atomic E-state index is 0.0277. The van der Waals surface area contributed by atoms with Gasteiger partial charge in [0.15, 0.2) is 5.43 Å². The van der Waals surface area contributed by atoms with E-state index in [1.807, 2.05) is 0 Å². The number of hydrogen-bond acceptors (Lipinski definition) is 7. The van der Waals surface area contributed by atoms with Gasteiger partial charge in [-0.15, -0.1) is 0 Å². The van der Waals surface area contributed by atoms with Crippen molar-refractivity contribution < 1.29 is 18.9 Å². The number of para-hydroxylation sites is 1. The Bertz CT molecular complexity index is 1570. The van der Waals surface area contributed by atoms with Gasteiger partial charge in [0, 0.05) is 23.8 Å². The maximum Gasteiger partial charge on any atom is 0.293 e. The van der Waals surface area contributed by atoms with E-state index in [1.54, 1.807) is 54.6 Å². The molecule has 0 spiro atoms. The molecule has 0 unspecified atom stereocenters. The molecule has 2 heterocycles. The third kappa shape index (κ3) is 4.49. The first-order valence-corrected chi connectivity index (χ1v) is 11.3. The minimum atomic E-state index is -0.508.